The average Bonchev–Trinajstić information content (AvgIpc) is 2.77. The summed E-state index contributed by atoms with van der Waals surface area (Å²) in [6.07, 6.45) is 9.34. The van der Waals surface area contributed by atoms with Crippen molar-refractivity contribution in [2.45, 2.75) is 32.7 Å². The van der Waals surface area contributed by atoms with Crippen molar-refractivity contribution in [1.29, 1.82) is 0 Å². The lowest BCUT2D eigenvalue weighted by atomic mass is 9.97. The SMILES string of the molecule is CC(C)N1CCC[C@H](CNC(=O)c2cc(-c3ccncc3)c3cnccc3n2)C1. The summed E-state index contributed by atoms with van der Waals surface area (Å²) in [5.74, 6) is 0.361. The summed E-state index contributed by atoms with van der Waals surface area (Å²) in [7, 11) is 0. The molecule has 0 bridgehead atoms. The van der Waals surface area contributed by atoms with Gasteiger partial charge in [0.05, 0.1) is 5.52 Å². The van der Waals surface area contributed by atoms with E-state index in [0.717, 1.165) is 41.5 Å². The molecular formula is C23H27N5O. The van der Waals surface area contributed by atoms with Gasteiger partial charge in [0.25, 0.3) is 5.91 Å². The molecule has 1 N–H and O–H groups in total. The van der Waals surface area contributed by atoms with Crippen LogP contribution >= 0.6 is 0 Å². The number of fused-ring (bicyclic) bond motifs is 1. The van der Waals surface area contributed by atoms with E-state index in [1.807, 2.05) is 24.3 Å². The molecule has 0 aliphatic carbocycles. The Bertz CT molecular complexity index is 989. The number of rotatable bonds is 5. The molecule has 29 heavy (non-hydrogen) atoms. The highest BCUT2D eigenvalue weighted by molar-refractivity contribution is 6.00. The fraction of sp³-hybridized carbons (Fsp3) is 0.391. The molecule has 1 amide bonds. The molecule has 1 atom stereocenters. The number of pyridine rings is 3. The van der Waals surface area contributed by atoms with E-state index in [9.17, 15) is 4.79 Å². The molecule has 1 fully saturated rings. The largest absolute Gasteiger partial charge is 0.350 e. The second kappa shape index (κ2) is 8.66. The monoisotopic (exact) mass is 389 g/mol. The van der Waals surface area contributed by atoms with Crippen LogP contribution in [0.3, 0.4) is 0 Å². The first kappa shape index (κ1) is 19.5. The van der Waals surface area contributed by atoms with E-state index in [4.69, 9.17) is 0 Å². The Hall–Kier alpha value is -2.86. The number of hydrogen-bond acceptors (Lipinski definition) is 5. The van der Waals surface area contributed by atoms with Gasteiger partial charge < -0.3 is 10.2 Å². The van der Waals surface area contributed by atoms with Gasteiger partial charge in [0.15, 0.2) is 0 Å². The molecule has 0 saturated carbocycles. The van der Waals surface area contributed by atoms with Crippen LogP contribution in [-0.2, 0) is 0 Å². The Kier molecular flexibility index (Phi) is 5.81. The Morgan fingerprint density at radius 3 is 2.79 bits per heavy atom. The highest BCUT2D eigenvalue weighted by Crippen LogP contribution is 2.27. The van der Waals surface area contributed by atoms with Crippen LogP contribution in [0.5, 0.6) is 0 Å². The molecule has 0 unspecified atom stereocenters. The van der Waals surface area contributed by atoms with Gasteiger partial charge in [-0.15, -0.1) is 0 Å². The van der Waals surface area contributed by atoms with Gasteiger partial charge in [0, 0.05) is 49.3 Å². The first-order valence-corrected chi connectivity index (χ1v) is 10.3. The van der Waals surface area contributed by atoms with Gasteiger partial charge in [-0.1, -0.05) is 0 Å². The summed E-state index contributed by atoms with van der Waals surface area (Å²) in [4.78, 5) is 28.3. The van der Waals surface area contributed by atoms with Crippen molar-refractivity contribution in [2.75, 3.05) is 19.6 Å². The van der Waals surface area contributed by atoms with Crippen molar-refractivity contribution in [3.8, 4) is 11.1 Å². The summed E-state index contributed by atoms with van der Waals surface area (Å²) >= 11 is 0. The first-order valence-electron chi connectivity index (χ1n) is 10.3. The van der Waals surface area contributed by atoms with Gasteiger partial charge >= 0.3 is 0 Å². The van der Waals surface area contributed by atoms with Crippen molar-refractivity contribution < 1.29 is 4.79 Å². The molecule has 0 aromatic carbocycles. The predicted molar refractivity (Wildman–Crippen MR) is 115 cm³/mol. The molecule has 0 radical (unpaired) electrons. The number of amides is 1. The number of nitrogens with one attached hydrogen (secondary N) is 1. The lowest BCUT2D eigenvalue weighted by Crippen LogP contribution is -2.43. The Morgan fingerprint density at radius 2 is 2.00 bits per heavy atom. The third kappa shape index (κ3) is 4.43. The maximum atomic E-state index is 12.9. The summed E-state index contributed by atoms with van der Waals surface area (Å²) in [5.41, 5.74) is 3.14. The first-order chi connectivity index (χ1) is 14.1. The Labute approximate surface area is 171 Å². The van der Waals surface area contributed by atoms with Crippen LogP contribution in [0.25, 0.3) is 22.0 Å². The Morgan fingerprint density at radius 1 is 1.21 bits per heavy atom. The van der Waals surface area contributed by atoms with Gasteiger partial charge in [0.2, 0.25) is 0 Å². The van der Waals surface area contributed by atoms with Crippen LogP contribution in [0.4, 0.5) is 0 Å². The fourth-order valence-electron chi connectivity index (χ4n) is 4.02. The highest BCUT2D eigenvalue weighted by Gasteiger charge is 2.22. The molecule has 6 heteroatoms. The smallest absolute Gasteiger partial charge is 0.269 e. The molecule has 3 aromatic rings. The number of aromatic nitrogens is 3. The fourth-order valence-corrected chi connectivity index (χ4v) is 4.02. The van der Waals surface area contributed by atoms with E-state index < -0.39 is 0 Å². The van der Waals surface area contributed by atoms with E-state index in [2.05, 4.69) is 39.0 Å². The van der Waals surface area contributed by atoms with E-state index >= 15 is 0 Å². The second-order valence-corrected chi connectivity index (χ2v) is 7.99. The predicted octanol–water partition coefficient (Wildman–Crippen LogP) is 3.54. The number of hydrogen-bond donors (Lipinski definition) is 1. The van der Waals surface area contributed by atoms with Gasteiger partial charge in [-0.2, -0.15) is 0 Å². The normalized spacial score (nSPS) is 17.6. The summed E-state index contributed by atoms with van der Waals surface area (Å²) in [5, 5.41) is 4.04. The van der Waals surface area contributed by atoms with Crippen LogP contribution in [-0.4, -0.2) is 51.4 Å². The molecule has 3 aromatic heterocycles. The van der Waals surface area contributed by atoms with Crippen LogP contribution in [0.15, 0.2) is 49.1 Å². The van der Waals surface area contributed by atoms with Crippen LogP contribution in [0, 0.1) is 5.92 Å². The molecule has 1 saturated heterocycles. The zero-order chi connectivity index (χ0) is 20.2. The number of piperidine rings is 1. The highest BCUT2D eigenvalue weighted by atomic mass is 16.1. The van der Waals surface area contributed by atoms with Gasteiger partial charge in [0.1, 0.15) is 5.69 Å². The number of carbonyl (C=O) groups excluding carboxylic acids is 1. The van der Waals surface area contributed by atoms with E-state index in [0.29, 0.717) is 24.2 Å². The van der Waals surface area contributed by atoms with Crippen molar-refractivity contribution in [2.24, 2.45) is 5.92 Å². The molecular weight excluding hydrogens is 362 g/mol. The van der Waals surface area contributed by atoms with Gasteiger partial charge in [-0.05, 0) is 74.5 Å². The molecule has 0 spiro atoms. The third-order valence-corrected chi connectivity index (χ3v) is 5.67. The van der Waals surface area contributed by atoms with Gasteiger partial charge in [-0.3, -0.25) is 14.8 Å². The topological polar surface area (TPSA) is 71.0 Å². The molecule has 4 rings (SSSR count). The summed E-state index contributed by atoms with van der Waals surface area (Å²) in [6, 6.07) is 8.12. The third-order valence-electron chi connectivity index (χ3n) is 5.67. The van der Waals surface area contributed by atoms with Crippen molar-refractivity contribution >= 4 is 16.8 Å². The molecule has 1 aliphatic rings. The minimum atomic E-state index is -0.124. The summed E-state index contributed by atoms with van der Waals surface area (Å²) in [6.45, 7) is 7.34. The molecule has 150 valence electrons. The molecule has 1 aliphatic heterocycles. The van der Waals surface area contributed by atoms with Crippen molar-refractivity contribution in [1.82, 2.24) is 25.2 Å². The van der Waals surface area contributed by atoms with Crippen LogP contribution in [0.1, 0.15) is 37.2 Å². The summed E-state index contributed by atoms with van der Waals surface area (Å²) < 4.78 is 0. The standard InChI is InChI=1S/C23H27N5O/c1-16(2)28-11-3-4-17(15-28)13-26-23(29)22-12-19(18-5-8-24-9-6-18)20-14-25-10-7-21(20)27-22/h5-10,12,14,16-17H,3-4,11,13,15H2,1-2H3,(H,26,29)/t17-/m1/s1. The Balaban J connectivity index is 1.55. The molecule has 4 heterocycles. The van der Waals surface area contributed by atoms with Crippen molar-refractivity contribution in [3.05, 3.63) is 54.7 Å². The average molecular weight is 390 g/mol. The lowest BCUT2D eigenvalue weighted by Gasteiger charge is -2.35. The van der Waals surface area contributed by atoms with Crippen LogP contribution in [0.2, 0.25) is 0 Å². The van der Waals surface area contributed by atoms with Crippen LogP contribution < -0.4 is 5.32 Å². The molecule has 6 nitrogen and oxygen atoms in total. The zero-order valence-electron chi connectivity index (χ0n) is 17.0. The second-order valence-electron chi connectivity index (χ2n) is 7.99. The van der Waals surface area contributed by atoms with E-state index in [1.165, 1.54) is 6.42 Å². The quantitative estimate of drug-likeness (QED) is 0.723. The maximum Gasteiger partial charge on any atom is 0.269 e. The maximum absolute atomic E-state index is 12.9. The number of nitrogens with zero attached hydrogens (tertiary/aromatic N) is 4. The lowest BCUT2D eigenvalue weighted by molar-refractivity contribution is 0.0918. The minimum absolute atomic E-state index is 0.124. The van der Waals surface area contributed by atoms with E-state index in [1.54, 1.807) is 24.8 Å². The van der Waals surface area contributed by atoms with Gasteiger partial charge in [-0.25, -0.2) is 4.98 Å². The van der Waals surface area contributed by atoms with Crippen molar-refractivity contribution in [3.63, 3.8) is 0 Å². The number of carbonyl (C=O) groups is 1. The zero-order valence-corrected chi connectivity index (χ0v) is 17.0. The van der Waals surface area contributed by atoms with E-state index in [-0.39, 0.29) is 5.91 Å². The number of likely N-dealkylation sites (tertiary alicyclic amines) is 1. The minimum Gasteiger partial charge on any atom is -0.350 e.